The number of rotatable bonds is 5. The summed E-state index contributed by atoms with van der Waals surface area (Å²) in [6.45, 7) is 4.33. The standard InChI is InChI=1S/C24H26FN3O/c1-2-13-26-24(29)18-11-14-28(15-12-18)22-16-21(17-7-4-3-5-8-17)27-23-19(22)9-6-10-20(23)25/h3-10,16,18H,2,11-15H2,1H3,(H,26,29). The van der Waals surface area contributed by atoms with Crippen molar-refractivity contribution in [1.29, 1.82) is 0 Å². The molecule has 1 aromatic heterocycles. The van der Waals surface area contributed by atoms with Gasteiger partial charge in [0.1, 0.15) is 11.3 Å². The number of carbonyl (C=O) groups excluding carboxylic acids is 1. The van der Waals surface area contributed by atoms with E-state index in [1.807, 2.05) is 36.4 Å². The summed E-state index contributed by atoms with van der Waals surface area (Å²) in [6.07, 6.45) is 2.55. The van der Waals surface area contributed by atoms with Gasteiger partial charge in [0.25, 0.3) is 0 Å². The molecule has 0 radical (unpaired) electrons. The number of para-hydroxylation sites is 1. The van der Waals surface area contributed by atoms with Crippen LogP contribution in [0.3, 0.4) is 0 Å². The Kier molecular flexibility index (Phi) is 5.74. The van der Waals surface area contributed by atoms with Crippen molar-refractivity contribution in [3.05, 3.63) is 60.4 Å². The lowest BCUT2D eigenvalue weighted by Crippen LogP contribution is -2.40. The summed E-state index contributed by atoms with van der Waals surface area (Å²) < 4.78 is 14.6. The summed E-state index contributed by atoms with van der Waals surface area (Å²) in [5.41, 5.74) is 3.11. The van der Waals surface area contributed by atoms with Gasteiger partial charge in [-0.2, -0.15) is 0 Å². The average molecular weight is 391 g/mol. The molecule has 1 N–H and O–H groups in total. The van der Waals surface area contributed by atoms with Gasteiger partial charge in [-0.1, -0.05) is 49.4 Å². The molecule has 0 saturated carbocycles. The predicted molar refractivity (Wildman–Crippen MR) is 115 cm³/mol. The van der Waals surface area contributed by atoms with Gasteiger partial charge in [-0.15, -0.1) is 0 Å². The second-order valence-corrected chi connectivity index (χ2v) is 7.58. The van der Waals surface area contributed by atoms with Crippen LogP contribution < -0.4 is 10.2 Å². The van der Waals surface area contributed by atoms with Crippen LogP contribution in [0.15, 0.2) is 54.6 Å². The Morgan fingerprint density at radius 1 is 1.14 bits per heavy atom. The average Bonchev–Trinajstić information content (AvgIpc) is 2.78. The highest BCUT2D eigenvalue weighted by Crippen LogP contribution is 2.34. The van der Waals surface area contributed by atoms with Gasteiger partial charge in [-0.05, 0) is 31.4 Å². The van der Waals surface area contributed by atoms with Crippen molar-refractivity contribution in [3.8, 4) is 11.3 Å². The zero-order valence-electron chi connectivity index (χ0n) is 16.7. The number of piperidine rings is 1. The molecular weight excluding hydrogens is 365 g/mol. The number of carbonyl (C=O) groups is 1. The topological polar surface area (TPSA) is 45.2 Å². The maximum absolute atomic E-state index is 14.6. The summed E-state index contributed by atoms with van der Waals surface area (Å²) in [5, 5.41) is 3.83. The molecule has 1 aliphatic rings. The third-order valence-electron chi connectivity index (χ3n) is 5.59. The van der Waals surface area contributed by atoms with E-state index in [4.69, 9.17) is 0 Å². The molecule has 150 valence electrons. The third kappa shape index (κ3) is 4.09. The van der Waals surface area contributed by atoms with Gasteiger partial charge in [0, 0.05) is 42.2 Å². The SMILES string of the molecule is CCCNC(=O)C1CCN(c2cc(-c3ccccc3)nc3c(F)cccc23)CC1. The van der Waals surface area contributed by atoms with Crippen molar-refractivity contribution >= 4 is 22.5 Å². The molecular formula is C24H26FN3O. The van der Waals surface area contributed by atoms with E-state index in [-0.39, 0.29) is 17.6 Å². The number of nitrogens with zero attached hydrogens (tertiary/aromatic N) is 2. The molecule has 4 nitrogen and oxygen atoms in total. The highest BCUT2D eigenvalue weighted by molar-refractivity contribution is 5.94. The number of hydrogen-bond donors (Lipinski definition) is 1. The summed E-state index contributed by atoms with van der Waals surface area (Å²) >= 11 is 0. The van der Waals surface area contributed by atoms with Gasteiger partial charge in [0.15, 0.2) is 0 Å². The Morgan fingerprint density at radius 3 is 2.62 bits per heavy atom. The van der Waals surface area contributed by atoms with Gasteiger partial charge < -0.3 is 10.2 Å². The molecule has 0 spiro atoms. The van der Waals surface area contributed by atoms with Crippen LogP contribution in [-0.4, -0.2) is 30.5 Å². The summed E-state index contributed by atoms with van der Waals surface area (Å²) in [6, 6.07) is 17.0. The van der Waals surface area contributed by atoms with Crippen LogP contribution in [-0.2, 0) is 4.79 Å². The highest BCUT2D eigenvalue weighted by atomic mass is 19.1. The third-order valence-corrected chi connectivity index (χ3v) is 5.59. The molecule has 5 heteroatoms. The van der Waals surface area contributed by atoms with Crippen LogP contribution in [0, 0.1) is 11.7 Å². The number of nitrogens with one attached hydrogen (secondary N) is 1. The minimum Gasteiger partial charge on any atom is -0.371 e. The molecule has 4 rings (SSSR count). The summed E-state index contributed by atoms with van der Waals surface area (Å²) in [7, 11) is 0. The molecule has 1 saturated heterocycles. The highest BCUT2D eigenvalue weighted by Gasteiger charge is 2.26. The Bertz CT molecular complexity index is 998. The first-order valence-electron chi connectivity index (χ1n) is 10.3. The fourth-order valence-electron chi connectivity index (χ4n) is 3.99. The van der Waals surface area contributed by atoms with Gasteiger partial charge in [0.2, 0.25) is 5.91 Å². The zero-order chi connectivity index (χ0) is 20.2. The van der Waals surface area contributed by atoms with Crippen LogP contribution in [0.4, 0.5) is 10.1 Å². The molecule has 2 aromatic carbocycles. The molecule has 0 atom stereocenters. The number of amides is 1. The Morgan fingerprint density at radius 2 is 1.90 bits per heavy atom. The Balaban J connectivity index is 1.65. The van der Waals surface area contributed by atoms with Crippen molar-refractivity contribution < 1.29 is 9.18 Å². The van der Waals surface area contributed by atoms with E-state index in [0.717, 1.165) is 61.2 Å². The van der Waals surface area contributed by atoms with Gasteiger partial charge in [0.05, 0.1) is 5.69 Å². The van der Waals surface area contributed by atoms with Crippen LogP contribution in [0.1, 0.15) is 26.2 Å². The van der Waals surface area contributed by atoms with Crippen molar-refractivity contribution in [3.63, 3.8) is 0 Å². The molecule has 3 aromatic rings. The summed E-state index contributed by atoms with van der Waals surface area (Å²) in [5.74, 6) is -0.103. The van der Waals surface area contributed by atoms with Crippen molar-refractivity contribution in [2.45, 2.75) is 26.2 Å². The van der Waals surface area contributed by atoms with Gasteiger partial charge in [-0.3, -0.25) is 4.79 Å². The van der Waals surface area contributed by atoms with Crippen LogP contribution in [0.2, 0.25) is 0 Å². The molecule has 29 heavy (non-hydrogen) atoms. The smallest absolute Gasteiger partial charge is 0.223 e. The van der Waals surface area contributed by atoms with E-state index in [0.29, 0.717) is 5.52 Å². The molecule has 0 unspecified atom stereocenters. The van der Waals surface area contributed by atoms with E-state index in [1.54, 1.807) is 6.07 Å². The lowest BCUT2D eigenvalue weighted by molar-refractivity contribution is -0.125. The Labute approximate surface area is 170 Å². The second kappa shape index (κ2) is 8.60. The number of benzene rings is 2. The fourth-order valence-corrected chi connectivity index (χ4v) is 3.99. The maximum Gasteiger partial charge on any atom is 0.223 e. The lowest BCUT2D eigenvalue weighted by Gasteiger charge is -2.34. The van der Waals surface area contributed by atoms with Crippen molar-refractivity contribution in [2.75, 3.05) is 24.5 Å². The number of aromatic nitrogens is 1. The van der Waals surface area contributed by atoms with Gasteiger partial charge >= 0.3 is 0 Å². The number of anilines is 1. The molecule has 0 bridgehead atoms. The zero-order valence-corrected chi connectivity index (χ0v) is 16.7. The molecule has 1 fully saturated rings. The summed E-state index contributed by atoms with van der Waals surface area (Å²) in [4.78, 5) is 19.2. The van der Waals surface area contributed by atoms with E-state index in [9.17, 15) is 9.18 Å². The molecule has 1 amide bonds. The maximum atomic E-state index is 14.6. The van der Waals surface area contributed by atoms with E-state index in [1.165, 1.54) is 6.07 Å². The molecule has 1 aliphatic heterocycles. The first-order chi connectivity index (χ1) is 14.2. The van der Waals surface area contributed by atoms with Crippen molar-refractivity contribution in [2.24, 2.45) is 5.92 Å². The van der Waals surface area contributed by atoms with Crippen LogP contribution in [0.5, 0.6) is 0 Å². The van der Waals surface area contributed by atoms with E-state index in [2.05, 4.69) is 28.2 Å². The number of hydrogen-bond acceptors (Lipinski definition) is 3. The van der Waals surface area contributed by atoms with Crippen LogP contribution in [0.25, 0.3) is 22.2 Å². The van der Waals surface area contributed by atoms with E-state index < -0.39 is 0 Å². The monoisotopic (exact) mass is 391 g/mol. The quantitative estimate of drug-likeness (QED) is 0.681. The second-order valence-electron chi connectivity index (χ2n) is 7.58. The van der Waals surface area contributed by atoms with E-state index >= 15 is 0 Å². The molecule has 2 heterocycles. The van der Waals surface area contributed by atoms with Crippen LogP contribution >= 0.6 is 0 Å². The molecule has 0 aliphatic carbocycles. The first-order valence-corrected chi connectivity index (χ1v) is 10.3. The largest absolute Gasteiger partial charge is 0.371 e. The number of fused-ring (bicyclic) bond motifs is 1. The Hall–Kier alpha value is -2.95. The van der Waals surface area contributed by atoms with Gasteiger partial charge in [-0.25, -0.2) is 9.37 Å². The normalized spacial score (nSPS) is 14.9. The predicted octanol–water partition coefficient (Wildman–Crippen LogP) is 4.78. The minimum absolute atomic E-state index is 0.0521. The first kappa shape index (κ1) is 19.4. The fraction of sp³-hybridized carbons (Fsp3) is 0.333. The number of halogens is 1. The lowest BCUT2D eigenvalue weighted by atomic mass is 9.95. The van der Waals surface area contributed by atoms with Crippen molar-refractivity contribution in [1.82, 2.24) is 10.3 Å². The minimum atomic E-state index is -0.310. The number of pyridine rings is 1.